The van der Waals surface area contributed by atoms with Crippen LogP contribution in [0, 0.1) is 0 Å². The maximum Gasteiger partial charge on any atom is 0.104 e. The Morgan fingerprint density at radius 2 is 1.72 bits per heavy atom. The number of rotatable bonds is 4. The van der Waals surface area contributed by atoms with E-state index >= 15 is 0 Å². The lowest BCUT2D eigenvalue weighted by Crippen LogP contribution is -2.01. The summed E-state index contributed by atoms with van der Waals surface area (Å²) in [6.07, 6.45) is 1.54. The zero-order valence-corrected chi connectivity index (χ0v) is 10.6. The van der Waals surface area contributed by atoms with Crippen LogP contribution in [-0.4, -0.2) is 5.11 Å². The summed E-state index contributed by atoms with van der Waals surface area (Å²) in [6.45, 7) is 2.15. The van der Waals surface area contributed by atoms with E-state index < -0.39 is 6.10 Å². The molecule has 2 nitrogen and oxygen atoms in total. The zero-order chi connectivity index (χ0) is 13.0. The molecule has 0 radical (unpaired) electrons. The lowest BCUT2D eigenvalue weighted by molar-refractivity contribution is 0.220. The molecule has 1 unspecified atom stereocenters. The highest BCUT2D eigenvalue weighted by atomic mass is 16.3. The Kier molecular flexibility index (Phi) is 4.00. The summed E-state index contributed by atoms with van der Waals surface area (Å²) in [5, 5.41) is 10.4. The first-order valence-electron chi connectivity index (χ1n) is 6.33. The third-order valence-electron chi connectivity index (χ3n) is 3.03. The first-order chi connectivity index (χ1) is 8.70. The van der Waals surface area contributed by atoms with Gasteiger partial charge in [-0.25, -0.2) is 0 Å². The van der Waals surface area contributed by atoms with Crippen LogP contribution < -0.4 is 5.73 Å². The molecule has 0 amide bonds. The summed E-state index contributed by atoms with van der Waals surface area (Å²) >= 11 is 0. The van der Waals surface area contributed by atoms with Crippen molar-refractivity contribution >= 4 is 5.69 Å². The van der Waals surface area contributed by atoms with Crippen LogP contribution >= 0.6 is 0 Å². The van der Waals surface area contributed by atoms with Crippen LogP contribution in [0.3, 0.4) is 0 Å². The Balaban J connectivity index is 2.27. The Morgan fingerprint density at radius 1 is 1.06 bits per heavy atom. The molecule has 0 aliphatic carbocycles. The lowest BCUT2D eigenvalue weighted by Gasteiger charge is -2.13. The second kappa shape index (κ2) is 5.69. The normalized spacial score (nSPS) is 12.3. The number of hydrogen-bond acceptors (Lipinski definition) is 2. The summed E-state index contributed by atoms with van der Waals surface area (Å²) in [5.74, 6) is 0. The van der Waals surface area contributed by atoms with Gasteiger partial charge >= 0.3 is 0 Å². The van der Waals surface area contributed by atoms with Crippen LogP contribution in [0.5, 0.6) is 0 Å². The van der Waals surface area contributed by atoms with Crippen molar-refractivity contribution in [3.05, 3.63) is 65.2 Å². The maximum absolute atomic E-state index is 10.4. The van der Waals surface area contributed by atoms with E-state index in [1.807, 2.05) is 36.4 Å². The molecule has 2 heteroatoms. The average molecular weight is 241 g/mol. The molecular weight excluding hydrogens is 222 g/mol. The standard InChI is InChI=1S/C16H19NO/c1-2-5-12-6-3-7-13(10-12)16(18)14-8-4-9-15(17)11-14/h3-4,6-11,16,18H,2,5,17H2,1H3. The number of aryl methyl sites for hydroxylation is 1. The zero-order valence-electron chi connectivity index (χ0n) is 10.6. The third kappa shape index (κ3) is 2.90. The number of nitrogens with two attached hydrogens (primary N) is 1. The maximum atomic E-state index is 10.4. The van der Waals surface area contributed by atoms with Crippen molar-refractivity contribution in [2.45, 2.75) is 25.9 Å². The molecule has 0 bridgehead atoms. The van der Waals surface area contributed by atoms with Crippen LogP contribution in [0.25, 0.3) is 0 Å². The summed E-state index contributed by atoms with van der Waals surface area (Å²) in [5.41, 5.74) is 9.44. The van der Waals surface area contributed by atoms with Crippen LogP contribution in [0.4, 0.5) is 5.69 Å². The van der Waals surface area contributed by atoms with Crippen molar-refractivity contribution in [2.24, 2.45) is 0 Å². The number of nitrogen functional groups attached to an aromatic ring is 1. The Bertz CT molecular complexity index is 522. The molecule has 2 aromatic carbocycles. The molecule has 2 rings (SSSR count). The second-order valence-electron chi connectivity index (χ2n) is 4.57. The average Bonchev–Trinajstić information content (AvgIpc) is 2.39. The Morgan fingerprint density at radius 3 is 2.39 bits per heavy atom. The van der Waals surface area contributed by atoms with E-state index in [0.29, 0.717) is 5.69 Å². The molecule has 1 atom stereocenters. The van der Waals surface area contributed by atoms with Crippen LogP contribution in [-0.2, 0) is 6.42 Å². The van der Waals surface area contributed by atoms with Crippen LogP contribution in [0.15, 0.2) is 48.5 Å². The van der Waals surface area contributed by atoms with Gasteiger partial charge in [-0.05, 0) is 35.2 Å². The number of aliphatic hydroxyl groups is 1. The van der Waals surface area contributed by atoms with E-state index in [1.54, 1.807) is 0 Å². The molecule has 2 aromatic rings. The van der Waals surface area contributed by atoms with Gasteiger partial charge in [-0.2, -0.15) is 0 Å². The molecule has 0 aliphatic rings. The van der Waals surface area contributed by atoms with E-state index in [9.17, 15) is 5.11 Å². The SMILES string of the molecule is CCCc1cccc(C(O)c2cccc(N)c2)c1. The Hall–Kier alpha value is -1.80. The minimum absolute atomic E-state index is 0.606. The topological polar surface area (TPSA) is 46.2 Å². The minimum atomic E-state index is -0.606. The largest absolute Gasteiger partial charge is 0.399 e. The highest BCUT2D eigenvalue weighted by Crippen LogP contribution is 2.24. The Labute approximate surface area is 108 Å². The van der Waals surface area contributed by atoms with Gasteiger partial charge in [-0.15, -0.1) is 0 Å². The first kappa shape index (κ1) is 12.7. The second-order valence-corrected chi connectivity index (χ2v) is 4.57. The molecule has 3 N–H and O–H groups in total. The van der Waals surface area contributed by atoms with E-state index in [4.69, 9.17) is 5.73 Å². The van der Waals surface area contributed by atoms with Gasteiger partial charge in [-0.3, -0.25) is 0 Å². The lowest BCUT2D eigenvalue weighted by atomic mass is 9.98. The molecule has 0 fully saturated rings. The molecule has 0 spiro atoms. The molecule has 0 saturated heterocycles. The summed E-state index contributed by atoms with van der Waals surface area (Å²) in [4.78, 5) is 0. The van der Waals surface area contributed by atoms with E-state index in [0.717, 1.165) is 24.0 Å². The smallest absolute Gasteiger partial charge is 0.104 e. The number of benzene rings is 2. The van der Waals surface area contributed by atoms with Gasteiger partial charge in [0.1, 0.15) is 6.10 Å². The monoisotopic (exact) mass is 241 g/mol. The first-order valence-corrected chi connectivity index (χ1v) is 6.33. The minimum Gasteiger partial charge on any atom is -0.399 e. The summed E-state index contributed by atoms with van der Waals surface area (Å²) in [6, 6.07) is 15.5. The fourth-order valence-electron chi connectivity index (χ4n) is 2.13. The molecule has 18 heavy (non-hydrogen) atoms. The number of anilines is 1. The van der Waals surface area contributed by atoms with Gasteiger partial charge in [0.25, 0.3) is 0 Å². The van der Waals surface area contributed by atoms with Gasteiger partial charge in [-0.1, -0.05) is 49.7 Å². The molecular formula is C16H19NO. The van der Waals surface area contributed by atoms with Gasteiger partial charge in [0.2, 0.25) is 0 Å². The van der Waals surface area contributed by atoms with E-state index in [1.165, 1.54) is 5.56 Å². The molecule has 94 valence electrons. The highest BCUT2D eigenvalue weighted by Gasteiger charge is 2.10. The van der Waals surface area contributed by atoms with Crippen LogP contribution in [0.2, 0.25) is 0 Å². The molecule has 0 heterocycles. The molecule has 0 aromatic heterocycles. The highest BCUT2D eigenvalue weighted by molar-refractivity contribution is 5.43. The van der Waals surface area contributed by atoms with Crippen molar-refractivity contribution < 1.29 is 5.11 Å². The number of aliphatic hydroxyl groups excluding tert-OH is 1. The summed E-state index contributed by atoms with van der Waals surface area (Å²) < 4.78 is 0. The summed E-state index contributed by atoms with van der Waals surface area (Å²) in [7, 11) is 0. The van der Waals surface area contributed by atoms with Crippen molar-refractivity contribution in [3.63, 3.8) is 0 Å². The number of hydrogen-bond donors (Lipinski definition) is 2. The predicted molar refractivity (Wildman–Crippen MR) is 75.4 cm³/mol. The molecule has 0 aliphatic heterocycles. The van der Waals surface area contributed by atoms with E-state index in [2.05, 4.69) is 19.1 Å². The predicted octanol–water partition coefficient (Wildman–Crippen LogP) is 3.30. The third-order valence-corrected chi connectivity index (χ3v) is 3.03. The van der Waals surface area contributed by atoms with Crippen molar-refractivity contribution in [1.29, 1.82) is 0 Å². The van der Waals surface area contributed by atoms with Gasteiger partial charge < -0.3 is 10.8 Å². The van der Waals surface area contributed by atoms with Crippen molar-refractivity contribution in [3.8, 4) is 0 Å². The quantitative estimate of drug-likeness (QED) is 0.807. The fourth-order valence-corrected chi connectivity index (χ4v) is 2.13. The van der Waals surface area contributed by atoms with E-state index in [-0.39, 0.29) is 0 Å². The van der Waals surface area contributed by atoms with Crippen molar-refractivity contribution in [1.82, 2.24) is 0 Å². The molecule has 0 saturated carbocycles. The fraction of sp³-hybridized carbons (Fsp3) is 0.250. The van der Waals surface area contributed by atoms with Gasteiger partial charge in [0, 0.05) is 5.69 Å². The van der Waals surface area contributed by atoms with Crippen molar-refractivity contribution in [2.75, 3.05) is 5.73 Å². The van der Waals surface area contributed by atoms with Gasteiger partial charge in [0.05, 0.1) is 0 Å². The van der Waals surface area contributed by atoms with Crippen LogP contribution in [0.1, 0.15) is 36.1 Å². The van der Waals surface area contributed by atoms with Gasteiger partial charge in [0.15, 0.2) is 0 Å².